The largest absolute Gasteiger partial charge is 0.383 e. The van der Waals surface area contributed by atoms with Crippen LogP contribution in [0.4, 0.5) is 17.3 Å². The highest BCUT2D eigenvalue weighted by Crippen LogP contribution is 2.23. The zero-order valence-electron chi connectivity index (χ0n) is 13.9. The van der Waals surface area contributed by atoms with E-state index in [-0.39, 0.29) is 0 Å². The van der Waals surface area contributed by atoms with Gasteiger partial charge in [-0.05, 0) is 24.3 Å². The molecule has 0 fully saturated rings. The molecule has 2 N–H and O–H groups in total. The molecule has 6 heteroatoms. The van der Waals surface area contributed by atoms with Gasteiger partial charge in [0.15, 0.2) is 5.82 Å². The van der Waals surface area contributed by atoms with Crippen LogP contribution in [0.3, 0.4) is 0 Å². The van der Waals surface area contributed by atoms with E-state index in [0.29, 0.717) is 19.0 Å². The molecule has 128 valence electrons. The van der Waals surface area contributed by atoms with Crippen LogP contribution in [0.2, 0.25) is 0 Å². The Labute approximate surface area is 155 Å². The molecule has 0 saturated carbocycles. The van der Waals surface area contributed by atoms with Crippen molar-refractivity contribution in [3.05, 3.63) is 65.1 Å². The quantitative estimate of drug-likeness (QED) is 0.564. The van der Waals surface area contributed by atoms with Crippen LogP contribution in [-0.2, 0) is 4.74 Å². The van der Waals surface area contributed by atoms with Crippen LogP contribution < -0.4 is 10.6 Å². The van der Waals surface area contributed by atoms with Crippen LogP contribution in [0.15, 0.2) is 65.1 Å². The summed E-state index contributed by atoms with van der Waals surface area (Å²) in [5, 5.41) is 6.60. The summed E-state index contributed by atoms with van der Waals surface area (Å²) in [5.74, 6) is 2.16. The summed E-state index contributed by atoms with van der Waals surface area (Å²) in [5.41, 5.74) is 1.93. The molecule has 1 heterocycles. The molecule has 0 amide bonds. The van der Waals surface area contributed by atoms with E-state index >= 15 is 0 Å². The van der Waals surface area contributed by atoms with Gasteiger partial charge in [0.05, 0.1) is 6.61 Å². The zero-order chi connectivity index (χ0) is 17.5. The van der Waals surface area contributed by atoms with Crippen molar-refractivity contribution in [1.29, 1.82) is 0 Å². The Bertz CT molecular complexity index is 809. The second-order valence-electron chi connectivity index (χ2n) is 5.38. The van der Waals surface area contributed by atoms with Gasteiger partial charge in [0.1, 0.15) is 11.6 Å². The van der Waals surface area contributed by atoms with Gasteiger partial charge in [0, 0.05) is 35.4 Å². The lowest BCUT2D eigenvalue weighted by Crippen LogP contribution is -2.10. The summed E-state index contributed by atoms with van der Waals surface area (Å²) < 4.78 is 6.12. The van der Waals surface area contributed by atoms with Crippen LogP contribution in [0.5, 0.6) is 0 Å². The number of aromatic nitrogens is 2. The number of anilines is 3. The molecule has 2 aromatic carbocycles. The molecular weight excluding hydrogens is 380 g/mol. The molecule has 0 aliphatic rings. The third-order valence-electron chi connectivity index (χ3n) is 3.49. The van der Waals surface area contributed by atoms with E-state index in [2.05, 4.69) is 36.5 Å². The molecule has 0 aliphatic heterocycles. The average Bonchev–Trinajstić information content (AvgIpc) is 2.64. The molecule has 0 bridgehead atoms. The fraction of sp³-hybridized carbons (Fsp3) is 0.158. The molecule has 0 saturated heterocycles. The van der Waals surface area contributed by atoms with Crippen molar-refractivity contribution in [2.45, 2.75) is 0 Å². The topological polar surface area (TPSA) is 59.1 Å². The number of rotatable bonds is 7. The highest BCUT2D eigenvalue weighted by molar-refractivity contribution is 9.10. The van der Waals surface area contributed by atoms with E-state index in [9.17, 15) is 0 Å². The van der Waals surface area contributed by atoms with Gasteiger partial charge >= 0.3 is 0 Å². The Morgan fingerprint density at radius 2 is 1.68 bits per heavy atom. The lowest BCUT2D eigenvalue weighted by Gasteiger charge is -2.11. The monoisotopic (exact) mass is 398 g/mol. The molecular formula is C19H19BrN4O. The minimum absolute atomic E-state index is 0.611. The first-order chi connectivity index (χ1) is 12.2. The van der Waals surface area contributed by atoms with E-state index in [1.807, 2.05) is 60.7 Å². The van der Waals surface area contributed by atoms with Crippen molar-refractivity contribution in [3.63, 3.8) is 0 Å². The van der Waals surface area contributed by atoms with Gasteiger partial charge < -0.3 is 15.4 Å². The van der Waals surface area contributed by atoms with Crippen LogP contribution in [0.25, 0.3) is 11.4 Å². The summed E-state index contributed by atoms with van der Waals surface area (Å²) in [6.07, 6.45) is 0. The van der Waals surface area contributed by atoms with Crippen molar-refractivity contribution >= 4 is 33.3 Å². The molecule has 1 aromatic heterocycles. The molecule has 0 aliphatic carbocycles. The number of hydrogen-bond acceptors (Lipinski definition) is 5. The highest BCUT2D eigenvalue weighted by atomic mass is 79.9. The number of halogens is 1. The van der Waals surface area contributed by atoms with Gasteiger partial charge in [0.2, 0.25) is 0 Å². The van der Waals surface area contributed by atoms with Crippen LogP contribution in [0, 0.1) is 0 Å². The van der Waals surface area contributed by atoms with Crippen LogP contribution in [0.1, 0.15) is 0 Å². The molecule has 5 nitrogen and oxygen atoms in total. The fourth-order valence-electron chi connectivity index (χ4n) is 2.28. The Morgan fingerprint density at radius 3 is 2.40 bits per heavy atom. The fourth-order valence-corrected chi connectivity index (χ4v) is 2.54. The lowest BCUT2D eigenvalue weighted by atomic mass is 10.2. The van der Waals surface area contributed by atoms with Gasteiger partial charge in [0.25, 0.3) is 0 Å². The standard InChI is InChI=1S/C19H19BrN4O/c1-25-12-11-21-17-13-18(22-16-9-7-15(20)8-10-16)24-19(23-17)14-5-3-2-4-6-14/h2-10,13H,11-12H2,1H3,(H2,21,22,23,24). The molecule has 0 spiro atoms. The Morgan fingerprint density at radius 1 is 0.960 bits per heavy atom. The maximum atomic E-state index is 5.09. The molecule has 3 rings (SSSR count). The van der Waals surface area contributed by atoms with Gasteiger partial charge in [-0.25, -0.2) is 9.97 Å². The third kappa shape index (κ3) is 5.01. The SMILES string of the molecule is COCCNc1cc(Nc2ccc(Br)cc2)nc(-c2ccccc2)n1. The Kier molecular flexibility index (Phi) is 5.98. The zero-order valence-corrected chi connectivity index (χ0v) is 15.5. The number of methoxy groups -OCH3 is 1. The second-order valence-corrected chi connectivity index (χ2v) is 6.30. The third-order valence-corrected chi connectivity index (χ3v) is 4.02. The smallest absolute Gasteiger partial charge is 0.163 e. The number of ether oxygens (including phenoxy) is 1. The first-order valence-electron chi connectivity index (χ1n) is 7.94. The van der Waals surface area contributed by atoms with Gasteiger partial charge in [-0.3, -0.25) is 0 Å². The number of hydrogen-bond donors (Lipinski definition) is 2. The van der Waals surface area contributed by atoms with Crippen molar-refractivity contribution < 1.29 is 4.74 Å². The summed E-state index contributed by atoms with van der Waals surface area (Å²) in [6, 6.07) is 19.8. The summed E-state index contributed by atoms with van der Waals surface area (Å²) in [6.45, 7) is 1.29. The highest BCUT2D eigenvalue weighted by Gasteiger charge is 2.07. The van der Waals surface area contributed by atoms with Crippen LogP contribution in [-0.4, -0.2) is 30.2 Å². The van der Waals surface area contributed by atoms with Crippen LogP contribution >= 0.6 is 15.9 Å². The minimum Gasteiger partial charge on any atom is -0.383 e. The molecule has 0 atom stereocenters. The molecule has 0 radical (unpaired) electrons. The van der Waals surface area contributed by atoms with Gasteiger partial charge in [-0.2, -0.15) is 0 Å². The summed E-state index contributed by atoms with van der Waals surface area (Å²) in [7, 11) is 1.68. The molecule has 3 aromatic rings. The second kappa shape index (κ2) is 8.60. The molecule has 0 unspecified atom stereocenters. The maximum absolute atomic E-state index is 5.09. The first-order valence-corrected chi connectivity index (χ1v) is 8.74. The summed E-state index contributed by atoms with van der Waals surface area (Å²) in [4.78, 5) is 9.25. The van der Waals surface area contributed by atoms with E-state index in [1.54, 1.807) is 7.11 Å². The average molecular weight is 399 g/mol. The van der Waals surface area contributed by atoms with Gasteiger partial charge in [-0.1, -0.05) is 46.3 Å². The number of benzene rings is 2. The van der Waals surface area contributed by atoms with Gasteiger partial charge in [-0.15, -0.1) is 0 Å². The Hall–Kier alpha value is -2.44. The number of nitrogens with zero attached hydrogens (tertiary/aromatic N) is 2. The predicted octanol–water partition coefficient (Wildman–Crippen LogP) is 4.71. The van der Waals surface area contributed by atoms with E-state index < -0.39 is 0 Å². The normalized spacial score (nSPS) is 10.5. The number of nitrogens with one attached hydrogen (secondary N) is 2. The van der Waals surface area contributed by atoms with Crippen molar-refractivity contribution in [2.24, 2.45) is 0 Å². The maximum Gasteiger partial charge on any atom is 0.163 e. The van der Waals surface area contributed by atoms with E-state index in [0.717, 1.165) is 27.4 Å². The Balaban J connectivity index is 1.89. The summed E-state index contributed by atoms with van der Waals surface area (Å²) >= 11 is 3.44. The first kappa shape index (κ1) is 17.4. The van der Waals surface area contributed by atoms with E-state index in [4.69, 9.17) is 4.74 Å². The van der Waals surface area contributed by atoms with E-state index in [1.165, 1.54) is 0 Å². The van der Waals surface area contributed by atoms with Crippen molar-refractivity contribution in [2.75, 3.05) is 30.9 Å². The minimum atomic E-state index is 0.611. The van der Waals surface area contributed by atoms with Crippen molar-refractivity contribution in [1.82, 2.24) is 9.97 Å². The molecule has 25 heavy (non-hydrogen) atoms. The van der Waals surface area contributed by atoms with Crippen molar-refractivity contribution in [3.8, 4) is 11.4 Å². The predicted molar refractivity (Wildman–Crippen MR) is 105 cm³/mol. The lowest BCUT2D eigenvalue weighted by molar-refractivity contribution is 0.210.